The molecule has 0 bridgehead atoms. The number of piperidine rings is 1. The van der Waals surface area contributed by atoms with Gasteiger partial charge in [0.2, 0.25) is 11.8 Å². The lowest BCUT2D eigenvalue weighted by Crippen LogP contribution is -2.52. The van der Waals surface area contributed by atoms with Gasteiger partial charge < -0.3 is 20.3 Å². The maximum absolute atomic E-state index is 12.8. The number of ether oxygens (including phenoxy) is 1. The summed E-state index contributed by atoms with van der Waals surface area (Å²) in [7, 11) is 0. The van der Waals surface area contributed by atoms with E-state index in [2.05, 4.69) is 16.0 Å². The second kappa shape index (κ2) is 9.80. The van der Waals surface area contributed by atoms with Crippen molar-refractivity contribution in [3.8, 4) is 0 Å². The van der Waals surface area contributed by atoms with E-state index in [1.54, 1.807) is 57.2 Å². The lowest BCUT2D eigenvalue weighted by Gasteiger charge is -2.29. The molecule has 1 unspecified atom stereocenters. The first kappa shape index (κ1) is 24.9. The Morgan fingerprint density at radius 2 is 1.81 bits per heavy atom. The van der Waals surface area contributed by atoms with Gasteiger partial charge in [-0.25, -0.2) is 9.59 Å². The number of benzene rings is 2. The van der Waals surface area contributed by atoms with Gasteiger partial charge in [-0.1, -0.05) is 12.1 Å². The van der Waals surface area contributed by atoms with Crippen LogP contribution in [0, 0.1) is 0 Å². The first-order valence-electron chi connectivity index (χ1n) is 11.6. The van der Waals surface area contributed by atoms with Gasteiger partial charge in [-0.05, 0) is 68.7 Å². The van der Waals surface area contributed by atoms with Crippen LogP contribution < -0.4 is 16.0 Å². The fraction of sp³-hybridized carbons (Fsp3) is 0.346. The summed E-state index contributed by atoms with van der Waals surface area (Å²) in [5.74, 6) is -1.47. The van der Waals surface area contributed by atoms with Gasteiger partial charge in [0.1, 0.15) is 11.6 Å². The third-order valence-corrected chi connectivity index (χ3v) is 5.82. The topological polar surface area (TPSA) is 134 Å². The average Bonchev–Trinajstić information content (AvgIpc) is 3.12. The van der Waals surface area contributed by atoms with E-state index in [0.29, 0.717) is 23.2 Å². The van der Waals surface area contributed by atoms with E-state index in [-0.39, 0.29) is 31.3 Å². The second-order valence-corrected chi connectivity index (χ2v) is 9.78. The smallest absolute Gasteiger partial charge is 0.338 e. The number of fused-ring (bicyclic) bond motifs is 1. The van der Waals surface area contributed by atoms with Crippen molar-refractivity contribution in [2.75, 3.05) is 5.32 Å². The fourth-order valence-electron chi connectivity index (χ4n) is 4.12. The third-order valence-electron chi connectivity index (χ3n) is 5.82. The standard InChI is InChI=1S/C26H28N4O6/c1-26(2,3)36-24(34)16-5-7-18(8-6-16)28-25(35)27-13-15-4-9-19-17(12-15)14-30(23(19)33)20-10-11-21(31)29-22(20)32/h4-9,12,20H,10-11,13-14H2,1-3H3,(H2,27,28,35)(H,29,31,32). The molecule has 0 aromatic heterocycles. The van der Waals surface area contributed by atoms with Crippen LogP contribution in [-0.4, -0.2) is 46.3 Å². The highest BCUT2D eigenvalue weighted by molar-refractivity contribution is 6.05. The Balaban J connectivity index is 1.31. The Morgan fingerprint density at radius 3 is 2.47 bits per heavy atom. The molecule has 10 nitrogen and oxygen atoms in total. The van der Waals surface area contributed by atoms with Crippen LogP contribution in [0.5, 0.6) is 0 Å². The zero-order chi connectivity index (χ0) is 26.0. The summed E-state index contributed by atoms with van der Waals surface area (Å²) in [6.07, 6.45) is 0.502. The van der Waals surface area contributed by atoms with Crippen molar-refractivity contribution in [1.29, 1.82) is 0 Å². The van der Waals surface area contributed by atoms with Gasteiger partial charge in [0.05, 0.1) is 5.56 Å². The first-order valence-corrected chi connectivity index (χ1v) is 11.6. The normalized spacial score (nSPS) is 17.4. The van der Waals surface area contributed by atoms with Crippen molar-refractivity contribution in [2.45, 2.75) is 58.3 Å². The van der Waals surface area contributed by atoms with Crippen LogP contribution in [-0.2, 0) is 27.4 Å². The molecule has 188 valence electrons. The highest BCUT2D eigenvalue weighted by Crippen LogP contribution is 2.28. The van der Waals surface area contributed by atoms with Crippen molar-refractivity contribution in [3.05, 3.63) is 64.7 Å². The van der Waals surface area contributed by atoms with Crippen LogP contribution >= 0.6 is 0 Å². The van der Waals surface area contributed by atoms with Crippen LogP contribution in [0.15, 0.2) is 42.5 Å². The number of amides is 5. The number of anilines is 1. The maximum atomic E-state index is 12.8. The van der Waals surface area contributed by atoms with E-state index in [9.17, 15) is 24.0 Å². The average molecular weight is 493 g/mol. The van der Waals surface area contributed by atoms with Gasteiger partial charge in [-0.15, -0.1) is 0 Å². The Kier molecular flexibility index (Phi) is 6.78. The molecular formula is C26H28N4O6. The minimum atomic E-state index is -0.670. The number of imide groups is 1. The van der Waals surface area contributed by atoms with Crippen LogP contribution in [0.1, 0.15) is 65.5 Å². The predicted molar refractivity (Wildman–Crippen MR) is 130 cm³/mol. The molecule has 0 aliphatic carbocycles. The van der Waals surface area contributed by atoms with E-state index in [1.807, 2.05) is 6.07 Å². The molecule has 0 spiro atoms. The van der Waals surface area contributed by atoms with E-state index in [1.165, 1.54) is 4.90 Å². The first-order chi connectivity index (χ1) is 17.0. The Bertz CT molecular complexity index is 1230. The van der Waals surface area contributed by atoms with Gasteiger partial charge in [-0.2, -0.15) is 0 Å². The van der Waals surface area contributed by atoms with Crippen LogP contribution in [0.25, 0.3) is 0 Å². The number of rotatable bonds is 5. The van der Waals surface area contributed by atoms with Gasteiger partial charge in [0, 0.05) is 30.8 Å². The number of carbonyl (C=O) groups is 5. The van der Waals surface area contributed by atoms with Crippen LogP contribution in [0.3, 0.4) is 0 Å². The van der Waals surface area contributed by atoms with Crippen molar-refractivity contribution >= 4 is 35.4 Å². The number of hydrogen-bond donors (Lipinski definition) is 3. The number of nitrogens with one attached hydrogen (secondary N) is 3. The summed E-state index contributed by atoms with van der Waals surface area (Å²) in [6, 6.07) is 10.6. The second-order valence-electron chi connectivity index (χ2n) is 9.78. The molecule has 0 radical (unpaired) electrons. The molecule has 0 saturated carbocycles. The van der Waals surface area contributed by atoms with Crippen molar-refractivity contribution in [2.24, 2.45) is 0 Å². The Labute approximate surface area is 208 Å². The monoisotopic (exact) mass is 492 g/mol. The van der Waals surface area contributed by atoms with E-state index >= 15 is 0 Å². The summed E-state index contributed by atoms with van der Waals surface area (Å²) >= 11 is 0. The number of nitrogens with zero attached hydrogens (tertiary/aromatic N) is 1. The molecule has 10 heteroatoms. The van der Waals surface area contributed by atoms with Crippen LogP contribution in [0.4, 0.5) is 10.5 Å². The minimum absolute atomic E-state index is 0.199. The SMILES string of the molecule is CC(C)(C)OC(=O)c1ccc(NC(=O)NCc2ccc3c(c2)CN(C2CCC(=O)NC2=O)C3=O)cc1. The zero-order valence-electron chi connectivity index (χ0n) is 20.3. The highest BCUT2D eigenvalue weighted by atomic mass is 16.6. The molecule has 2 heterocycles. The Hall–Kier alpha value is -4.21. The van der Waals surface area contributed by atoms with Crippen LogP contribution in [0.2, 0.25) is 0 Å². The fourth-order valence-corrected chi connectivity index (χ4v) is 4.12. The van der Waals surface area contributed by atoms with Crippen molar-refractivity contribution in [3.63, 3.8) is 0 Å². The van der Waals surface area contributed by atoms with Gasteiger partial charge >= 0.3 is 12.0 Å². The summed E-state index contributed by atoms with van der Waals surface area (Å²) < 4.78 is 5.33. The summed E-state index contributed by atoms with van der Waals surface area (Å²) in [4.78, 5) is 62.3. The molecule has 2 aromatic rings. The number of esters is 1. The maximum Gasteiger partial charge on any atom is 0.338 e. The molecule has 5 amide bonds. The molecule has 2 aromatic carbocycles. The van der Waals surface area contributed by atoms with Gasteiger partial charge in [0.25, 0.3) is 5.91 Å². The highest BCUT2D eigenvalue weighted by Gasteiger charge is 2.39. The van der Waals surface area contributed by atoms with Gasteiger partial charge in [0.15, 0.2) is 0 Å². The molecule has 1 saturated heterocycles. The summed E-state index contributed by atoms with van der Waals surface area (Å²) in [5.41, 5.74) is 2.37. The largest absolute Gasteiger partial charge is 0.456 e. The molecule has 36 heavy (non-hydrogen) atoms. The van der Waals surface area contributed by atoms with Gasteiger partial charge in [-0.3, -0.25) is 19.7 Å². The van der Waals surface area contributed by atoms with E-state index in [4.69, 9.17) is 4.74 Å². The van der Waals surface area contributed by atoms with Crippen molar-refractivity contribution in [1.82, 2.24) is 15.5 Å². The molecule has 2 aliphatic rings. The third kappa shape index (κ3) is 5.70. The Morgan fingerprint density at radius 1 is 1.08 bits per heavy atom. The molecule has 3 N–H and O–H groups in total. The molecule has 2 aliphatic heterocycles. The molecular weight excluding hydrogens is 464 g/mol. The lowest BCUT2D eigenvalue weighted by molar-refractivity contribution is -0.136. The number of urea groups is 1. The van der Waals surface area contributed by atoms with E-state index < -0.39 is 29.6 Å². The van der Waals surface area contributed by atoms with Crippen molar-refractivity contribution < 1.29 is 28.7 Å². The molecule has 4 rings (SSSR count). The summed E-state index contributed by atoms with van der Waals surface area (Å²) in [5, 5.41) is 7.76. The predicted octanol–water partition coefficient (Wildman–Crippen LogP) is 2.72. The number of hydrogen-bond acceptors (Lipinski definition) is 6. The zero-order valence-corrected chi connectivity index (χ0v) is 20.3. The van der Waals surface area contributed by atoms with E-state index in [0.717, 1.165) is 11.1 Å². The number of carbonyl (C=O) groups excluding carboxylic acids is 5. The summed E-state index contributed by atoms with van der Waals surface area (Å²) in [6.45, 7) is 5.86. The lowest BCUT2D eigenvalue weighted by atomic mass is 10.0. The molecule has 1 fully saturated rings. The quantitative estimate of drug-likeness (QED) is 0.434. The minimum Gasteiger partial charge on any atom is -0.456 e. The molecule has 1 atom stereocenters.